The zero-order valence-corrected chi connectivity index (χ0v) is 11.5. The summed E-state index contributed by atoms with van der Waals surface area (Å²) in [5, 5.41) is 6.73. The zero-order chi connectivity index (χ0) is 13.2. The molecule has 0 aliphatic heterocycles. The second-order valence-corrected chi connectivity index (χ2v) is 5.83. The van der Waals surface area contributed by atoms with Crippen molar-refractivity contribution in [3.8, 4) is 0 Å². The molecule has 0 unspecified atom stereocenters. The average molecular weight is 249 g/mol. The van der Waals surface area contributed by atoms with Gasteiger partial charge in [-0.1, -0.05) is 13.8 Å². The molecule has 0 radical (unpaired) electrons. The highest BCUT2D eigenvalue weighted by molar-refractivity contribution is 5.48. The first-order chi connectivity index (χ1) is 8.48. The van der Waals surface area contributed by atoms with Gasteiger partial charge in [0.15, 0.2) is 0 Å². The quantitative estimate of drug-likeness (QED) is 0.716. The molecule has 1 aromatic rings. The van der Waals surface area contributed by atoms with E-state index in [0.29, 0.717) is 12.6 Å². The van der Waals surface area contributed by atoms with E-state index in [0.717, 1.165) is 24.0 Å². The van der Waals surface area contributed by atoms with Gasteiger partial charge in [0.1, 0.15) is 17.5 Å². The first-order valence-electron chi connectivity index (χ1n) is 6.55. The first kappa shape index (κ1) is 13.1. The summed E-state index contributed by atoms with van der Waals surface area (Å²) in [6, 6.07) is 2.57. The van der Waals surface area contributed by atoms with E-state index in [1.165, 1.54) is 12.8 Å². The predicted molar refractivity (Wildman–Crippen MR) is 74.7 cm³/mol. The lowest BCUT2D eigenvalue weighted by atomic mass is 9.94. The molecule has 1 heterocycles. The van der Waals surface area contributed by atoms with E-state index in [2.05, 4.69) is 34.4 Å². The number of anilines is 2. The molecule has 1 aliphatic rings. The van der Waals surface area contributed by atoms with E-state index in [4.69, 9.17) is 5.73 Å². The van der Waals surface area contributed by atoms with Gasteiger partial charge in [-0.3, -0.25) is 0 Å². The number of aromatic nitrogens is 2. The summed E-state index contributed by atoms with van der Waals surface area (Å²) in [5.74, 6) is 2.57. The number of rotatable bonds is 6. The second-order valence-electron chi connectivity index (χ2n) is 5.83. The summed E-state index contributed by atoms with van der Waals surface area (Å²) in [4.78, 5) is 8.79. The van der Waals surface area contributed by atoms with Gasteiger partial charge in [-0.05, 0) is 31.7 Å². The van der Waals surface area contributed by atoms with Gasteiger partial charge in [-0.25, -0.2) is 9.97 Å². The highest BCUT2D eigenvalue weighted by Gasteiger charge is 2.22. The SMILES string of the molecule is Cc1nc(NCC(C)(C)CN)cc(NC2CC2)n1. The highest BCUT2D eigenvalue weighted by atomic mass is 15.1. The van der Waals surface area contributed by atoms with Gasteiger partial charge in [-0.15, -0.1) is 0 Å². The molecule has 0 aromatic carbocycles. The van der Waals surface area contributed by atoms with Crippen LogP contribution in [0.15, 0.2) is 6.07 Å². The van der Waals surface area contributed by atoms with Crippen molar-refractivity contribution < 1.29 is 0 Å². The Bertz CT molecular complexity index is 412. The van der Waals surface area contributed by atoms with Gasteiger partial charge >= 0.3 is 0 Å². The number of hydrogen-bond acceptors (Lipinski definition) is 5. The molecule has 0 saturated heterocycles. The van der Waals surface area contributed by atoms with Gasteiger partial charge in [0.05, 0.1) is 0 Å². The van der Waals surface area contributed by atoms with Gasteiger partial charge in [0, 0.05) is 18.7 Å². The van der Waals surface area contributed by atoms with E-state index >= 15 is 0 Å². The summed E-state index contributed by atoms with van der Waals surface area (Å²) in [6.45, 7) is 7.65. The third-order valence-electron chi connectivity index (χ3n) is 3.07. The number of nitrogens with two attached hydrogens (primary N) is 1. The zero-order valence-electron chi connectivity index (χ0n) is 11.5. The van der Waals surface area contributed by atoms with Gasteiger partial charge in [0.2, 0.25) is 0 Å². The van der Waals surface area contributed by atoms with Gasteiger partial charge < -0.3 is 16.4 Å². The summed E-state index contributed by atoms with van der Waals surface area (Å²) < 4.78 is 0. The third-order valence-corrected chi connectivity index (χ3v) is 3.07. The lowest BCUT2D eigenvalue weighted by Gasteiger charge is -2.23. The van der Waals surface area contributed by atoms with Crippen LogP contribution in [0.5, 0.6) is 0 Å². The van der Waals surface area contributed by atoms with Crippen LogP contribution in [0.25, 0.3) is 0 Å². The Morgan fingerprint density at radius 3 is 2.61 bits per heavy atom. The Hall–Kier alpha value is -1.36. The van der Waals surface area contributed by atoms with Crippen LogP contribution in [0.1, 0.15) is 32.5 Å². The van der Waals surface area contributed by atoms with Crippen molar-refractivity contribution in [2.45, 2.75) is 39.7 Å². The van der Waals surface area contributed by atoms with Crippen LogP contribution in [0, 0.1) is 12.3 Å². The molecular weight excluding hydrogens is 226 g/mol. The fourth-order valence-electron chi connectivity index (χ4n) is 1.57. The van der Waals surface area contributed by atoms with E-state index in [-0.39, 0.29) is 5.41 Å². The number of aryl methyl sites for hydroxylation is 1. The van der Waals surface area contributed by atoms with Crippen LogP contribution >= 0.6 is 0 Å². The molecule has 4 N–H and O–H groups in total. The van der Waals surface area contributed by atoms with Crippen LogP contribution in [-0.4, -0.2) is 29.1 Å². The molecule has 0 atom stereocenters. The normalized spacial score (nSPS) is 15.6. The van der Waals surface area contributed by atoms with Gasteiger partial charge in [-0.2, -0.15) is 0 Å². The number of nitrogens with zero attached hydrogens (tertiary/aromatic N) is 2. The minimum atomic E-state index is 0.0724. The Balaban J connectivity index is 2.00. The van der Waals surface area contributed by atoms with Crippen LogP contribution in [0.3, 0.4) is 0 Å². The van der Waals surface area contributed by atoms with Crippen molar-refractivity contribution in [3.05, 3.63) is 11.9 Å². The van der Waals surface area contributed by atoms with Crippen LogP contribution in [-0.2, 0) is 0 Å². The van der Waals surface area contributed by atoms with Crippen molar-refractivity contribution in [3.63, 3.8) is 0 Å². The van der Waals surface area contributed by atoms with Crippen LogP contribution in [0.4, 0.5) is 11.6 Å². The largest absolute Gasteiger partial charge is 0.369 e. The summed E-state index contributed by atoms with van der Waals surface area (Å²) in [7, 11) is 0. The highest BCUT2D eigenvalue weighted by Crippen LogP contribution is 2.24. The Labute approximate surface area is 109 Å². The molecule has 1 saturated carbocycles. The van der Waals surface area contributed by atoms with E-state index in [1.807, 2.05) is 13.0 Å². The number of nitrogens with one attached hydrogen (secondary N) is 2. The molecule has 18 heavy (non-hydrogen) atoms. The summed E-state index contributed by atoms with van der Waals surface area (Å²) >= 11 is 0. The topological polar surface area (TPSA) is 75.9 Å². The van der Waals surface area contributed by atoms with Crippen LogP contribution < -0.4 is 16.4 Å². The lowest BCUT2D eigenvalue weighted by molar-refractivity contribution is 0.405. The minimum Gasteiger partial charge on any atom is -0.369 e. The monoisotopic (exact) mass is 249 g/mol. The van der Waals surface area contributed by atoms with Crippen molar-refractivity contribution >= 4 is 11.6 Å². The molecule has 1 fully saturated rings. The molecule has 0 amide bonds. The summed E-state index contributed by atoms with van der Waals surface area (Å²) in [5.41, 5.74) is 5.79. The Morgan fingerprint density at radius 2 is 2.00 bits per heavy atom. The Kier molecular flexibility index (Phi) is 3.71. The molecule has 5 nitrogen and oxygen atoms in total. The molecule has 2 rings (SSSR count). The predicted octanol–water partition coefficient (Wildman–Crippen LogP) is 1.76. The lowest BCUT2D eigenvalue weighted by Crippen LogP contribution is -2.31. The Morgan fingerprint density at radius 1 is 1.33 bits per heavy atom. The minimum absolute atomic E-state index is 0.0724. The van der Waals surface area contributed by atoms with Crippen molar-refractivity contribution in [2.75, 3.05) is 23.7 Å². The van der Waals surface area contributed by atoms with Crippen molar-refractivity contribution in [2.24, 2.45) is 11.1 Å². The van der Waals surface area contributed by atoms with Gasteiger partial charge in [0.25, 0.3) is 0 Å². The first-order valence-corrected chi connectivity index (χ1v) is 6.55. The molecule has 1 aromatic heterocycles. The molecule has 5 heteroatoms. The standard InChI is InChI=1S/C13H23N5/c1-9-16-11(15-8-13(2,3)7-14)6-12(17-9)18-10-4-5-10/h6,10H,4-5,7-8,14H2,1-3H3,(H2,15,16,17,18). The smallest absolute Gasteiger partial charge is 0.132 e. The summed E-state index contributed by atoms with van der Waals surface area (Å²) in [6.07, 6.45) is 2.48. The number of hydrogen-bond donors (Lipinski definition) is 3. The van der Waals surface area contributed by atoms with E-state index in [1.54, 1.807) is 0 Å². The van der Waals surface area contributed by atoms with Crippen molar-refractivity contribution in [1.29, 1.82) is 0 Å². The maximum atomic E-state index is 5.72. The second kappa shape index (κ2) is 5.10. The van der Waals surface area contributed by atoms with Crippen LogP contribution in [0.2, 0.25) is 0 Å². The fourth-order valence-corrected chi connectivity index (χ4v) is 1.57. The van der Waals surface area contributed by atoms with Crippen molar-refractivity contribution in [1.82, 2.24) is 9.97 Å². The van der Waals surface area contributed by atoms with E-state index < -0.39 is 0 Å². The molecule has 100 valence electrons. The fraction of sp³-hybridized carbons (Fsp3) is 0.692. The molecule has 0 spiro atoms. The van der Waals surface area contributed by atoms with E-state index in [9.17, 15) is 0 Å². The molecular formula is C13H23N5. The maximum Gasteiger partial charge on any atom is 0.132 e. The molecule has 0 bridgehead atoms. The average Bonchev–Trinajstić information content (AvgIpc) is 3.10. The molecule has 1 aliphatic carbocycles. The third kappa shape index (κ3) is 3.84. The maximum absolute atomic E-state index is 5.72.